The Labute approximate surface area is 85.0 Å². The van der Waals surface area contributed by atoms with Crippen LogP contribution in [0.25, 0.3) is 0 Å². The molecule has 4 nitrogen and oxygen atoms in total. The minimum absolute atomic E-state index is 0. The standard InChI is InChI=1S/CH6O4Si.K/c1-5-6(2,3)4;/h2-4H,1H3;. The van der Waals surface area contributed by atoms with Crippen molar-refractivity contribution in [2.45, 2.75) is 0 Å². The molecule has 0 rings (SSSR count). The van der Waals surface area contributed by atoms with Gasteiger partial charge < -0.3 is 18.8 Å². The van der Waals surface area contributed by atoms with E-state index < -0.39 is 9.05 Å². The van der Waals surface area contributed by atoms with Crippen molar-refractivity contribution in [1.29, 1.82) is 0 Å². The molecule has 0 spiro atoms. The second kappa shape index (κ2) is 4.56. The first-order valence-corrected chi connectivity index (χ1v) is 3.03. The molecule has 0 fully saturated rings. The molecule has 0 aromatic carbocycles. The van der Waals surface area contributed by atoms with E-state index in [1.165, 1.54) is 0 Å². The molecule has 0 unspecified atom stereocenters. The second-order valence-electron chi connectivity index (χ2n) is 0.778. The summed E-state index contributed by atoms with van der Waals surface area (Å²) in [6, 6.07) is 0. The second-order valence-corrected chi connectivity index (χ2v) is 2.33. The number of hydrogen-bond acceptors (Lipinski definition) is 4. The predicted octanol–water partition coefficient (Wildman–Crippen LogP) is -2.34. The van der Waals surface area contributed by atoms with Gasteiger partial charge in [-0.3, -0.25) is 0 Å². The average molecular weight is 149 g/mol. The van der Waals surface area contributed by atoms with Gasteiger partial charge in [-0.2, -0.15) is 0 Å². The summed E-state index contributed by atoms with van der Waals surface area (Å²) in [5, 5.41) is 0. The fourth-order valence-corrected chi connectivity index (χ4v) is 0. The van der Waals surface area contributed by atoms with E-state index in [9.17, 15) is 0 Å². The minimum Gasteiger partial charge on any atom is -0.368 e. The molecule has 7 heavy (non-hydrogen) atoms. The molecule has 0 saturated carbocycles. The van der Waals surface area contributed by atoms with Crippen LogP contribution in [0.1, 0.15) is 0 Å². The smallest absolute Gasteiger partial charge is 0.368 e. The van der Waals surface area contributed by atoms with Gasteiger partial charge in [0, 0.05) is 58.5 Å². The Hall–Kier alpha value is 1.69. The Bertz CT molecular complexity index is 41.4. The van der Waals surface area contributed by atoms with Gasteiger partial charge in [0.25, 0.3) is 0 Å². The first kappa shape index (κ1) is 11.5. The zero-order chi connectivity index (χ0) is 5.21. The van der Waals surface area contributed by atoms with Gasteiger partial charge in [0.1, 0.15) is 0 Å². The van der Waals surface area contributed by atoms with E-state index in [0.29, 0.717) is 0 Å². The first-order chi connectivity index (χ1) is 2.56. The van der Waals surface area contributed by atoms with Crippen LogP contribution in [-0.2, 0) is 4.43 Å². The van der Waals surface area contributed by atoms with Crippen molar-refractivity contribution >= 4 is 60.4 Å². The van der Waals surface area contributed by atoms with E-state index >= 15 is 0 Å². The van der Waals surface area contributed by atoms with Crippen molar-refractivity contribution < 1.29 is 18.8 Å². The molecule has 0 aromatic rings. The van der Waals surface area contributed by atoms with Gasteiger partial charge >= 0.3 is 9.05 Å². The van der Waals surface area contributed by atoms with Crippen LogP contribution in [0.2, 0.25) is 0 Å². The van der Waals surface area contributed by atoms with E-state index in [-0.39, 0.29) is 51.4 Å². The molecule has 3 N–H and O–H groups in total. The Morgan fingerprint density at radius 1 is 1.29 bits per heavy atom. The van der Waals surface area contributed by atoms with Crippen LogP contribution < -0.4 is 0 Å². The first-order valence-electron chi connectivity index (χ1n) is 1.28. The summed E-state index contributed by atoms with van der Waals surface area (Å²) in [5.41, 5.74) is 0. The van der Waals surface area contributed by atoms with Crippen molar-refractivity contribution in [3.05, 3.63) is 0 Å². The van der Waals surface area contributed by atoms with E-state index in [4.69, 9.17) is 14.4 Å². The molecule has 1 radical (unpaired) electrons. The van der Waals surface area contributed by atoms with Crippen molar-refractivity contribution in [3.63, 3.8) is 0 Å². The van der Waals surface area contributed by atoms with E-state index in [2.05, 4.69) is 4.43 Å². The maximum absolute atomic E-state index is 7.85. The molecule has 6 heteroatoms. The Balaban J connectivity index is 0. The van der Waals surface area contributed by atoms with Gasteiger partial charge in [-0.1, -0.05) is 0 Å². The van der Waals surface area contributed by atoms with Crippen LogP contribution in [0, 0.1) is 0 Å². The summed E-state index contributed by atoms with van der Waals surface area (Å²) in [6.07, 6.45) is 0. The van der Waals surface area contributed by atoms with Gasteiger partial charge in [-0.25, -0.2) is 0 Å². The summed E-state index contributed by atoms with van der Waals surface area (Å²) in [7, 11) is -3.11. The Kier molecular flexibility index (Phi) is 7.48. The van der Waals surface area contributed by atoms with Crippen LogP contribution in [0.15, 0.2) is 0 Å². The SMILES string of the molecule is CO[Si](O)(O)O.[K]. The monoisotopic (exact) mass is 149 g/mol. The molecule has 0 saturated heterocycles. The van der Waals surface area contributed by atoms with Gasteiger partial charge in [0.05, 0.1) is 0 Å². The quantitative estimate of drug-likeness (QED) is 0.366. The summed E-state index contributed by atoms with van der Waals surface area (Å²) in [4.78, 5) is 23.6. The van der Waals surface area contributed by atoms with Crippen LogP contribution in [-0.4, -0.2) is 81.9 Å². The molecule has 0 aromatic heterocycles. The van der Waals surface area contributed by atoms with Crippen LogP contribution >= 0.6 is 0 Å². The third-order valence-corrected chi connectivity index (χ3v) is 0.822. The van der Waals surface area contributed by atoms with Gasteiger partial charge in [-0.05, 0) is 0 Å². The van der Waals surface area contributed by atoms with Crippen LogP contribution in [0.4, 0.5) is 0 Å². The molecule has 0 aliphatic heterocycles. The van der Waals surface area contributed by atoms with Crippen molar-refractivity contribution in [3.8, 4) is 0 Å². The summed E-state index contributed by atoms with van der Waals surface area (Å²) in [5.74, 6) is 0. The largest absolute Gasteiger partial charge is 0.671 e. The van der Waals surface area contributed by atoms with Crippen molar-refractivity contribution in [1.82, 2.24) is 0 Å². The summed E-state index contributed by atoms with van der Waals surface area (Å²) >= 11 is 0. The predicted molar refractivity (Wildman–Crippen MR) is 25.2 cm³/mol. The van der Waals surface area contributed by atoms with Crippen LogP contribution in [0.5, 0.6) is 0 Å². The van der Waals surface area contributed by atoms with Gasteiger partial charge in [0.2, 0.25) is 0 Å². The molecule has 0 bridgehead atoms. The molecule has 0 heterocycles. The molecule has 0 aliphatic carbocycles. The van der Waals surface area contributed by atoms with E-state index in [1.807, 2.05) is 0 Å². The van der Waals surface area contributed by atoms with Gasteiger partial charge in [-0.15, -0.1) is 0 Å². The van der Waals surface area contributed by atoms with Crippen molar-refractivity contribution in [2.24, 2.45) is 0 Å². The molecule has 0 atom stereocenters. The third-order valence-electron chi connectivity index (χ3n) is 0.274. The maximum atomic E-state index is 7.85. The third kappa shape index (κ3) is 11.3. The fraction of sp³-hybridized carbons (Fsp3) is 1.00. The zero-order valence-electron chi connectivity index (χ0n) is 4.25. The molecule has 39 valence electrons. The average Bonchev–Trinajstić information content (AvgIpc) is 1.35. The van der Waals surface area contributed by atoms with Crippen LogP contribution in [0.3, 0.4) is 0 Å². The molecule has 0 amide bonds. The zero-order valence-corrected chi connectivity index (χ0v) is 8.37. The fourth-order valence-electron chi connectivity index (χ4n) is 0. The number of rotatable bonds is 1. The summed E-state index contributed by atoms with van der Waals surface area (Å²) < 4.78 is 3.74. The van der Waals surface area contributed by atoms with E-state index in [1.54, 1.807) is 0 Å². The normalized spacial score (nSPS) is 10.3. The minimum atomic E-state index is -4.13. The summed E-state index contributed by atoms with van der Waals surface area (Å²) in [6.45, 7) is 0. The van der Waals surface area contributed by atoms with Gasteiger partial charge in [0.15, 0.2) is 0 Å². The molecular formula is CH6KO4Si. The molecule has 0 aliphatic rings. The Morgan fingerprint density at radius 3 is 1.43 bits per heavy atom. The Morgan fingerprint density at radius 2 is 1.43 bits per heavy atom. The topological polar surface area (TPSA) is 69.9 Å². The van der Waals surface area contributed by atoms with E-state index in [0.717, 1.165) is 7.11 Å². The molecular weight excluding hydrogens is 143 g/mol. The maximum Gasteiger partial charge on any atom is 0.671 e. The number of hydrogen-bond donors (Lipinski definition) is 3. The van der Waals surface area contributed by atoms with Crippen molar-refractivity contribution in [2.75, 3.05) is 7.11 Å².